The van der Waals surface area contributed by atoms with Crippen molar-refractivity contribution >= 4 is 5.82 Å². The van der Waals surface area contributed by atoms with Crippen molar-refractivity contribution in [3.05, 3.63) is 35.7 Å². The Hall–Kier alpha value is -1.56. The molecule has 2 rings (SSSR count). The van der Waals surface area contributed by atoms with Crippen LogP contribution in [-0.2, 0) is 6.18 Å². The highest BCUT2D eigenvalue weighted by atomic mass is 19.4. The van der Waals surface area contributed by atoms with E-state index in [1.54, 1.807) is 12.3 Å². The first kappa shape index (κ1) is 11.9. The van der Waals surface area contributed by atoms with Crippen LogP contribution in [0.5, 0.6) is 0 Å². The van der Waals surface area contributed by atoms with Crippen molar-refractivity contribution in [2.75, 3.05) is 5.01 Å². The number of aryl methyl sites for hydroxylation is 1. The van der Waals surface area contributed by atoms with E-state index in [0.717, 1.165) is 0 Å². The molecular formula is C11H12F3N3. The lowest BCUT2D eigenvalue weighted by Gasteiger charge is -2.19. The first-order valence-corrected chi connectivity index (χ1v) is 5.16. The van der Waals surface area contributed by atoms with Crippen molar-refractivity contribution in [3.63, 3.8) is 0 Å². The van der Waals surface area contributed by atoms with Crippen molar-refractivity contribution in [1.82, 2.24) is 10.4 Å². The Morgan fingerprint density at radius 2 is 2.06 bits per heavy atom. The lowest BCUT2D eigenvalue weighted by Crippen LogP contribution is -2.34. The predicted molar refractivity (Wildman–Crippen MR) is 58.2 cm³/mol. The molecule has 1 unspecified atom stereocenters. The number of hydrazine groups is 1. The molecule has 3 nitrogen and oxygen atoms in total. The summed E-state index contributed by atoms with van der Waals surface area (Å²) in [5.74, 6) is 0.239. The molecule has 1 aliphatic heterocycles. The topological polar surface area (TPSA) is 28.2 Å². The minimum absolute atomic E-state index is 0.0902. The molecule has 0 radical (unpaired) electrons. The number of pyridine rings is 1. The normalized spacial score (nSPS) is 20.1. The minimum Gasteiger partial charge on any atom is -0.267 e. The van der Waals surface area contributed by atoms with Crippen molar-refractivity contribution in [2.45, 2.75) is 26.1 Å². The second-order valence-corrected chi connectivity index (χ2v) is 3.96. The Balaban J connectivity index is 2.35. The summed E-state index contributed by atoms with van der Waals surface area (Å²) >= 11 is 0. The largest absolute Gasteiger partial charge is 0.433 e. The van der Waals surface area contributed by atoms with Gasteiger partial charge in [0.1, 0.15) is 11.5 Å². The molecule has 6 heteroatoms. The third kappa shape index (κ3) is 2.41. The molecule has 0 fully saturated rings. The number of nitrogens with one attached hydrogen (secondary N) is 1. The zero-order valence-corrected chi connectivity index (χ0v) is 9.42. The smallest absolute Gasteiger partial charge is 0.267 e. The molecule has 2 heterocycles. The first-order valence-electron chi connectivity index (χ1n) is 5.16. The standard InChI is InChI=1S/C11H12F3N3/c1-7-3-4-9(15-10(7)11(12,13)14)17-6-5-8(2)16-17/h3-6,8,16H,1-2H3. The van der Waals surface area contributed by atoms with Crippen LogP contribution in [-0.4, -0.2) is 11.0 Å². The number of hydrogen-bond donors (Lipinski definition) is 1. The average Bonchev–Trinajstić information content (AvgIpc) is 2.64. The number of rotatable bonds is 1. The van der Waals surface area contributed by atoms with E-state index in [-0.39, 0.29) is 17.4 Å². The second kappa shape index (κ2) is 4.03. The minimum atomic E-state index is -4.42. The van der Waals surface area contributed by atoms with E-state index in [4.69, 9.17) is 0 Å². The number of halogens is 3. The Morgan fingerprint density at radius 3 is 2.59 bits per heavy atom. The van der Waals surface area contributed by atoms with E-state index in [2.05, 4.69) is 10.4 Å². The summed E-state index contributed by atoms with van der Waals surface area (Å²) in [6.07, 6.45) is -0.910. The monoisotopic (exact) mass is 243 g/mol. The molecule has 17 heavy (non-hydrogen) atoms. The Morgan fingerprint density at radius 1 is 1.35 bits per heavy atom. The highest BCUT2D eigenvalue weighted by Crippen LogP contribution is 2.31. The summed E-state index contributed by atoms with van der Waals surface area (Å²) in [5, 5.41) is 1.49. The molecule has 1 aromatic rings. The van der Waals surface area contributed by atoms with Gasteiger partial charge in [-0.3, -0.25) is 5.01 Å². The van der Waals surface area contributed by atoms with Crippen LogP contribution in [0.4, 0.5) is 19.0 Å². The average molecular weight is 243 g/mol. The van der Waals surface area contributed by atoms with E-state index in [1.165, 1.54) is 18.0 Å². The molecule has 0 bridgehead atoms. The van der Waals surface area contributed by atoms with Gasteiger partial charge in [0, 0.05) is 12.2 Å². The molecule has 0 saturated heterocycles. The van der Waals surface area contributed by atoms with E-state index in [0.29, 0.717) is 0 Å². The maximum atomic E-state index is 12.7. The molecule has 0 aliphatic carbocycles. The van der Waals surface area contributed by atoms with Crippen LogP contribution < -0.4 is 10.4 Å². The number of nitrogens with zero attached hydrogens (tertiary/aromatic N) is 2. The molecule has 0 saturated carbocycles. The molecule has 1 N–H and O–H groups in total. The zero-order chi connectivity index (χ0) is 12.6. The summed E-state index contributed by atoms with van der Waals surface area (Å²) in [5.41, 5.74) is 2.24. The lowest BCUT2D eigenvalue weighted by atomic mass is 10.2. The van der Waals surface area contributed by atoms with E-state index in [1.807, 2.05) is 13.0 Å². The van der Waals surface area contributed by atoms with Crippen LogP contribution in [0.1, 0.15) is 18.2 Å². The van der Waals surface area contributed by atoms with Gasteiger partial charge in [0.2, 0.25) is 0 Å². The molecule has 0 amide bonds. The Kier molecular flexibility index (Phi) is 2.82. The van der Waals surface area contributed by atoms with E-state index < -0.39 is 11.9 Å². The van der Waals surface area contributed by atoms with Crippen LogP contribution in [0.2, 0.25) is 0 Å². The third-order valence-electron chi connectivity index (χ3n) is 2.46. The third-order valence-corrected chi connectivity index (χ3v) is 2.46. The maximum absolute atomic E-state index is 12.7. The number of anilines is 1. The highest BCUT2D eigenvalue weighted by Gasteiger charge is 2.35. The van der Waals surface area contributed by atoms with Crippen molar-refractivity contribution < 1.29 is 13.2 Å². The van der Waals surface area contributed by atoms with E-state index >= 15 is 0 Å². The number of alkyl halides is 3. The Labute approximate surface area is 96.9 Å². The summed E-state index contributed by atoms with van der Waals surface area (Å²) in [7, 11) is 0. The van der Waals surface area contributed by atoms with Gasteiger partial charge in [-0.2, -0.15) is 13.2 Å². The summed E-state index contributed by atoms with van der Waals surface area (Å²) in [6.45, 7) is 3.30. The fourth-order valence-corrected chi connectivity index (χ4v) is 1.60. The second-order valence-electron chi connectivity index (χ2n) is 3.96. The summed E-state index contributed by atoms with van der Waals surface area (Å²) in [4.78, 5) is 3.65. The number of hydrogen-bond acceptors (Lipinski definition) is 3. The Bertz CT molecular complexity index is 454. The van der Waals surface area contributed by atoms with Crippen LogP contribution >= 0.6 is 0 Å². The van der Waals surface area contributed by atoms with Gasteiger partial charge in [0.15, 0.2) is 0 Å². The quantitative estimate of drug-likeness (QED) is 0.821. The number of aromatic nitrogens is 1. The van der Waals surface area contributed by atoms with Gasteiger partial charge in [-0.1, -0.05) is 6.07 Å². The molecule has 1 aliphatic rings. The molecule has 0 aromatic carbocycles. The molecule has 0 spiro atoms. The van der Waals surface area contributed by atoms with Gasteiger partial charge in [-0.05, 0) is 31.6 Å². The van der Waals surface area contributed by atoms with Crippen LogP contribution in [0.3, 0.4) is 0 Å². The van der Waals surface area contributed by atoms with Crippen LogP contribution in [0.15, 0.2) is 24.4 Å². The first-order chi connectivity index (χ1) is 7.88. The molecule has 92 valence electrons. The zero-order valence-electron chi connectivity index (χ0n) is 9.42. The summed E-state index contributed by atoms with van der Waals surface area (Å²) in [6, 6.07) is 3.07. The van der Waals surface area contributed by atoms with Gasteiger partial charge < -0.3 is 0 Å². The maximum Gasteiger partial charge on any atom is 0.433 e. The fraction of sp³-hybridized carbons (Fsp3) is 0.364. The SMILES string of the molecule is Cc1ccc(N2C=CC(C)N2)nc1C(F)(F)F. The van der Waals surface area contributed by atoms with Crippen molar-refractivity contribution in [3.8, 4) is 0 Å². The van der Waals surface area contributed by atoms with Gasteiger partial charge in [0.05, 0.1) is 0 Å². The molecule has 1 aromatic heterocycles. The molecular weight excluding hydrogens is 231 g/mol. The molecule has 1 atom stereocenters. The van der Waals surface area contributed by atoms with Crippen molar-refractivity contribution in [2.24, 2.45) is 0 Å². The van der Waals surface area contributed by atoms with Gasteiger partial charge in [-0.15, -0.1) is 0 Å². The van der Waals surface area contributed by atoms with Gasteiger partial charge >= 0.3 is 6.18 Å². The van der Waals surface area contributed by atoms with Gasteiger partial charge in [0.25, 0.3) is 0 Å². The van der Waals surface area contributed by atoms with Gasteiger partial charge in [-0.25, -0.2) is 10.4 Å². The highest BCUT2D eigenvalue weighted by molar-refractivity contribution is 5.45. The lowest BCUT2D eigenvalue weighted by molar-refractivity contribution is -0.141. The summed E-state index contributed by atoms with van der Waals surface area (Å²) < 4.78 is 38.0. The fourth-order valence-electron chi connectivity index (χ4n) is 1.60. The van der Waals surface area contributed by atoms with Crippen molar-refractivity contribution in [1.29, 1.82) is 0 Å². The van der Waals surface area contributed by atoms with Crippen LogP contribution in [0.25, 0.3) is 0 Å². The van der Waals surface area contributed by atoms with Crippen LogP contribution in [0, 0.1) is 6.92 Å². The predicted octanol–water partition coefficient (Wildman–Crippen LogP) is 2.64. The van der Waals surface area contributed by atoms with E-state index in [9.17, 15) is 13.2 Å².